The first-order chi connectivity index (χ1) is 12.1. The minimum Gasteiger partial charge on any atom is -0.379 e. The van der Waals surface area contributed by atoms with Crippen molar-refractivity contribution in [1.29, 1.82) is 0 Å². The van der Waals surface area contributed by atoms with E-state index in [0.717, 1.165) is 38.3 Å². The lowest BCUT2D eigenvalue weighted by atomic mass is 10.0. The molecule has 0 spiro atoms. The molecular formula is C20H32N2O3. The van der Waals surface area contributed by atoms with E-state index in [0.29, 0.717) is 25.1 Å². The molecule has 140 valence electrons. The first kappa shape index (κ1) is 19.9. The van der Waals surface area contributed by atoms with Crippen molar-refractivity contribution in [2.75, 3.05) is 32.8 Å². The van der Waals surface area contributed by atoms with Gasteiger partial charge >= 0.3 is 0 Å². The van der Waals surface area contributed by atoms with Crippen molar-refractivity contribution in [3.63, 3.8) is 0 Å². The third-order valence-electron chi connectivity index (χ3n) is 4.53. The molecule has 2 unspecified atom stereocenters. The van der Waals surface area contributed by atoms with Crippen molar-refractivity contribution in [2.24, 2.45) is 5.92 Å². The zero-order chi connectivity index (χ0) is 18.1. The number of hydrogen-bond acceptors (Lipinski definition) is 4. The molecule has 0 saturated carbocycles. The van der Waals surface area contributed by atoms with Crippen molar-refractivity contribution in [3.05, 3.63) is 35.9 Å². The second-order valence-electron chi connectivity index (χ2n) is 7.12. The summed E-state index contributed by atoms with van der Waals surface area (Å²) in [7, 11) is 0. The molecule has 1 fully saturated rings. The maximum absolute atomic E-state index is 12.4. The lowest BCUT2D eigenvalue weighted by Gasteiger charge is -2.35. The van der Waals surface area contributed by atoms with Gasteiger partial charge in [0.2, 0.25) is 5.91 Å². The average molecular weight is 348 g/mol. The largest absolute Gasteiger partial charge is 0.379 e. The summed E-state index contributed by atoms with van der Waals surface area (Å²) in [4.78, 5) is 14.8. The zero-order valence-corrected chi connectivity index (χ0v) is 15.7. The van der Waals surface area contributed by atoms with E-state index in [4.69, 9.17) is 9.47 Å². The number of amides is 1. The van der Waals surface area contributed by atoms with Gasteiger partial charge in [0.05, 0.1) is 19.8 Å². The number of rotatable bonds is 9. The van der Waals surface area contributed by atoms with Crippen LogP contribution in [0.25, 0.3) is 0 Å². The van der Waals surface area contributed by atoms with Crippen LogP contribution in [0.1, 0.15) is 32.8 Å². The number of hydrogen-bond donors (Lipinski definition) is 1. The molecule has 0 bridgehead atoms. The van der Waals surface area contributed by atoms with Gasteiger partial charge in [-0.3, -0.25) is 9.69 Å². The van der Waals surface area contributed by atoms with E-state index in [-0.39, 0.29) is 5.91 Å². The predicted octanol–water partition coefficient (Wildman–Crippen LogP) is 2.45. The molecule has 0 aliphatic carbocycles. The Bertz CT molecular complexity index is 501. The molecule has 1 aliphatic rings. The molecule has 1 saturated heterocycles. The highest BCUT2D eigenvalue weighted by molar-refractivity contribution is 5.80. The maximum atomic E-state index is 12.4. The number of ether oxygens (including phenoxy) is 2. The van der Waals surface area contributed by atoms with Crippen LogP contribution in [0.15, 0.2) is 30.3 Å². The van der Waals surface area contributed by atoms with E-state index >= 15 is 0 Å². The van der Waals surface area contributed by atoms with Crippen molar-refractivity contribution >= 4 is 5.91 Å². The first-order valence-electron chi connectivity index (χ1n) is 9.31. The average Bonchev–Trinajstić information content (AvgIpc) is 2.64. The molecule has 0 radical (unpaired) electrons. The minimum atomic E-state index is -0.454. The van der Waals surface area contributed by atoms with E-state index < -0.39 is 6.10 Å². The van der Waals surface area contributed by atoms with Gasteiger partial charge < -0.3 is 14.8 Å². The second kappa shape index (κ2) is 10.5. The van der Waals surface area contributed by atoms with Crippen LogP contribution in [0.2, 0.25) is 0 Å². The van der Waals surface area contributed by atoms with Gasteiger partial charge in [0, 0.05) is 25.7 Å². The van der Waals surface area contributed by atoms with Gasteiger partial charge in [0.1, 0.15) is 6.10 Å². The summed E-state index contributed by atoms with van der Waals surface area (Å²) in [5.41, 5.74) is 1.08. The highest BCUT2D eigenvalue weighted by Crippen LogP contribution is 2.13. The summed E-state index contributed by atoms with van der Waals surface area (Å²) in [6.45, 7) is 10.8. The third-order valence-corrected chi connectivity index (χ3v) is 4.53. The summed E-state index contributed by atoms with van der Waals surface area (Å²) in [6.07, 6.45) is 0.615. The van der Waals surface area contributed by atoms with Crippen LogP contribution in [0.3, 0.4) is 0 Å². The predicted molar refractivity (Wildman–Crippen MR) is 99.3 cm³/mol. The maximum Gasteiger partial charge on any atom is 0.248 e. The van der Waals surface area contributed by atoms with Crippen LogP contribution < -0.4 is 5.32 Å². The van der Waals surface area contributed by atoms with Gasteiger partial charge in [-0.2, -0.15) is 0 Å². The van der Waals surface area contributed by atoms with Gasteiger partial charge in [-0.15, -0.1) is 0 Å². The Morgan fingerprint density at radius 3 is 2.52 bits per heavy atom. The Morgan fingerprint density at radius 2 is 1.88 bits per heavy atom. The molecule has 2 atom stereocenters. The molecular weight excluding hydrogens is 316 g/mol. The molecule has 1 aliphatic heterocycles. The molecule has 1 amide bonds. The van der Waals surface area contributed by atoms with Gasteiger partial charge in [0.15, 0.2) is 0 Å². The minimum absolute atomic E-state index is 0.0436. The Kier molecular flexibility index (Phi) is 8.38. The molecule has 1 aromatic rings. The number of nitrogens with zero attached hydrogens (tertiary/aromatic N) is 1. The molecule has 0 aromatic heterocycles. The number of nitrogens with one attached hydrogen (secondary N) is 1. The van der Waals surface area contributed by atoms with E-state index in [1.54, 1.807) is 0 Å². The summed E-state index contributed by atoms with van der Waals surface area (Å²) in [5, 5.41) is 3.08. The monoisotopic (exact) mass is 348 g/mol. The summed E-state index contributed by atoms with van der Waals surface area (Å²) >= 11 is 0. The van der Waals surface area contributed by atoms with Crippen LogP contribution in [0.4, 0.5) is 0 Å². The van der Waals surface area contributed by atoms with Gasteiger partial charge in [-0.05, 0) is 24.8 Å². The molecule has 1 heterocycles. The Morgan fingerprint density at radius 1 is 1.20 bits per heavy atom. The number of benzene rings is 1. The van der Waals surface area contributed by atoms with Crippen molar-refractivity contribution in [1.82, 2.24) is 10.2 Å². The fourth-order valence-electron chi connectivity index (χ4n) is 3.08. The Balaban J connectivity index is 1.78. The molecule has 1 aromatic carbocycles. The normalized spacial score (nSPS) is 18.1. The van der Waals surface area contributed by atoms with Crippen molar-refractivity contribution < 1.29 is 14.3 Å². The van der Waals surface area contributed by atoms with E-state index in [9.17, 15) is 4.79 Å². The quantitative estimate of drug-likeness (QED) is 0.745. The smallest absolute Gasteiger partial charge is 0.248 e. The van der Waals surface area contributed by atoms with E-state index in [1.807, 2.05) is 37.3 Å². The first-order valence-corrected chi connectivity index (χ1v) is 9.31. The highest BCUT2D eigenvalue weighted by Gasteiger charge is 2.23. The molecule has 2 rings (SSSR count). The van der Waals surface area contributed by atoms with Crippen LogP contribution in [-0.2, 0) is 20.9 Å². The fraction of sp³-hybridized carbons (Fsp3) is 0.650. The SMILES string of the molecule is CC(C)CC(CNC(=O)C(C)OCc1ccccc1)N1CCOCC1. The van der Waals surface area contributed by atoms with Crippen LogP contribution in [0.5, 0.6) is 0 Å². The molecule has 25 heavy (non-hydrogen) atoms. The van der Waals surface area contributed by atoms with Crippen molar-refractivity contribution in [2.45, 2.75) is 45.9 Å². The lowest BCUT2D eigenvalue weighted by Crippen LogP contribution is -2.50. The summed E-state index contributed by atoms with van der Waals surface area (Å²) in [6, 6.07) is 10.3. The topological polar surface area (TPSA) is 50.8 Å². The van der Waals surface area contributed by atoms with E-state index in [1.165, 1.54) is 0 Å². The number of carbonyl (C=O) groups is 1. The zero-order valence-electron chi connectivity index (χ0n) is 15.7. The third kappa shape index (κ3) is 7.14. The highest BCUT2D eigenvalue weighted by atomic mass is 16.5. The van der Waals surface area contributed by atoms with Crippen LogP contribution >= 0.6 is 0 Å². The standard InChI is InChI=1S/C20H32N2O3/c1-16(2)13-19(22-9-11-24-12-10-22)14-21-20(23)17(3)25-15-18-7-5-4-6-8-18/h4-8,16-17,19H,9-15H2,1-3H3,(H,21,23). The van der Waals surface area contributed by atoms with Crippen LogP contribution in [0, 0.1) is 5.92 Å². The molecule has 1 N–H and O–H groups in total. The molecule has 5 nitrogen and oxygen atoms in total. The number of carbonyl (C=O) groups excluding carboxylic acids is 1. The van der Waals surface area contributed by atoms with Gasteiger partial charge in [-0.25, -0.2) is 0 Å². The summed E-state index contributed by atoms with van der Waals surface area (Å²) < 4.78 is 11.1. The fourth-order valence-corrected chi connectivity index (χ4v) is 3.08. The molecule has 5 heteroatoms. The second-order valence-corrected chi connectivity index (χ2v) is 7.12. The lowest BCUT2D eigenvalue weighted by molar-refractivity contribution is -0.132. The Hall–Kier alpha value is -1.43. The summed E-state index contributed by atoms with van der Waals surface area (Å²) in [5.74, 6) is 0.550. The Labute approximate surface area is 151 Å². The van der Waals surface area contributed by atoms with Gasteiger partial charge in [0.25, 0.3) is 0 Å². The van der Waals surface area contributed by atoms with Crippen molar-refractivity contribution in [3.8, 4) is 0 Å². The van der Waals surface area contributed by atoms with E-state index in [2.05, 4.69) is 24.1 Å². The number of morpholine rings is 1. The van der Waals surface area contributed by atoms with Gasteiger partial charge in [-0.1, -0.05) is 44.2 Å². The van der Waals surface area contributed by atoms with Crippen LogP contribution in [-0.4, -0.2) is 55.8 Å².